The number of aliphatic hydroxyl groups is 1. The second-order valence-electron chi connectivity index (χ2n) is 5.93. The van der Waals surface area contributed by atoms with E-state index in [1.807, 2.05) is 0 Å². The summed E-state index contributed by atoms with van der Waals surface area (Å²) in [6.45, 7) is 1.68. The molecule has 5 heteroatoms. The number of hydrogen-bond acceptors (Lipinski definition) is 4. The minimum Gasteiger partial charge on any atom is -0.387 e. The molecular formula is C17H18N4O. The van der Waals surface area contributed by atoms with E-state index in [0.29, 0.717) is 5.69 Å². The fourth-order valence-electron chi connectivity index (χ4n) is 3.19. The van der Waals surface area contributed by atoms with Crippen molar-refractivity contribution in [1.82, 2.24) is 15.0 Å². The second kappa shape index (κ2) is 4.90. The number of nitrogens with two attached hydrogens (primary N) is 1. The number of aromatic amines is 1. The van der Waals surface area contributed by atoms with Crippen molar-refractivity contribution in [2.24, 2.45) is 5.73 Å². The zero-order chi connectivity index (χ0) is 15.3. The van der Waals surface area contributed by atoms with Gasteiger partial charge in [0.15, 0.2) is 0 Å². The number of H-pyrrole nitrogens is 1. The SMILES string of the molecule is C[C@H](O)c1cnc(-c2cc3c4c(ccc3[nH]2)[C@H](N)CC4)cn1. The molecule has 0 amide bonds. The Labute approximate surface area is 128 Å². The molecule has 0 unspecified atom stereocenters. The molecule has 0 aliphatic heterocycles. The van der Waals surface area contributed by atoms with Crippen LogP contribution in [0.1, 0.15) is 42.3 Å². The molecule has 22 heavy (non-hydrogen) atoms. The van der Waals surface area contributed by atoms with Crippen molar-refractivity contribution in [2.45, 2.75) is 31.9 Å². The minimum absolute atomic E-state index is 0.155. The lowest BCUT2D eigenvalue weighted by atomic mass is 10.0. The number of aryl methyl sites for hydroxylation is 1. The summed E-state index contributed by atoms with van der Waals surface area (Å²) in [4.78, 5) is 12.1. The molecular weight excluding hydrogens is 276 g/mol. The normalized spacial score (nSPS) is 18.6. The van der Waals surface area contributed by atoms with Gasteiger partial charge >= 0.3 is 0 Å². The van der Waals surface area contributed by atoms with E-state index < -0.39 is 6.10 Å². The summed E-state index contributed by atoms with van der Waals surface area (Å²) in [5.74, 6) is 0. The monoisotopic (exact) mass is 294 g/mol. The molecule has 0 bridgehead atoms. The maximum Gasteiger partial charge on any atom is 0.105 e. The number of hydrogen-bond donors (Lipinski definition) is 3. The van der Waals surface area contributed by atoms with Crippen LogP contribution in [0.25, 0.3) is 22.3 Å². The van der Waals surface area contributed by atoms with Gasteiger partial charge in [-0.1, -0.05) is 6.07 Å². The molecule has 1 aliphatic carbocycles. The molecule has 1 aromatic carbocycles. The highest BCUT2D eigenvalue weighted by Gasteiger charge is 2.22. The fraction of sp³-hybridized carbons (Fsp3) is 0.294. The highest BCUT2D eigenvalue weighted by atomic mass is 16.3. The van der Waals surface area contributed by atoms with E-state index in [2.05, 4.69) is 33.2 Å². The third-order valence-electron chi connectivity index (χ3n) is 4.43. The maximum atomic E-state index is 9.51. The molecule has 0 fully saturated rings. The van der Waals surface area contributed by atoms with Gasteiger partial charge in [0.1, 0.15) is 5.69 Å². The molecule has 5 nitrogen and oxygen atoms in total. The first-order valence-electron chi connectivity index (χ1n) is 7.54. The average molecular weight is 294 g/mol. The van der Waals surface area contributed by atoms with Gasteiger partial charge in [0, 0.05) is 16.9 Å². The third-order valence-corrected chi connectivity index (χ3v) is 4.43. The van der Waals surface area contributed by atoms with Crippen molar-refractivity contribution >= 4 is 10.9 Å². The van der Waals surface area contributed by atoms with E-state index in [1.54, 1.807) is 19.3 Å². The Hall–Kier alpha value is -2.24. The van der Waals surface area contributed by atoms with Crippen LogP contribution < -0.4 is 5.73 Å². The molecule has 4 N–H and O–H groups in total. The van der Waals surface area contributed by atoms with Gasteiger partial charge in [0.2, 0.25) is 0 Å². The number of nitrogens with one attached hydrogen (secondary N) is 1. The summed E-state index contributed by atoms with van der Waals surface area (Å²) in [6.07, 6.45) is 4.74. The van der Waals surface area contributed by atoms with Crippen molar-refractivity contribution < 1.29 is 5.11 Å². The molecule has 2 aromatic heterocycles. The Morgan fingerprint density at radius 1 is 1.32 bits per heavy atom. The third kappa shape index (κ3) is 2.01. The van der Waals surface area contributed by atoms with Crippen molar-refractivity contribution in [1.29, 1.82) is 0 Å². The molecule has 1 aliphatic rings. The standard InChI is InChI=1S/C17H18N4O/c1-9(22)16-7-20-17(8-19-16)15-6-12-10-2-4-13(18)11(10)3-5-14(12)21-15/h3,5-9,13,21-22H,2,4,18H2,1H3/t9-,13+/m0/s1. The molecule has 0 saturated carbocycles. The van der Waals surface area contributed by atoms with E-state index in [9.17, 15) is 5.11 Å². The van der Waals surface area contributed by atoms with Crippen molar-refractivity contribution in [3.63, 3.8) is 0 Å². The molecule has 3 aromatic rings. The van der Waals surface area contributed by atoms with Gasteiger partial charge in [-0.2, -0.15) is 0 Å². The van der Waals surface area contributed by atoms with Crippen LogP contribution in [0.15, 0.2) is 30.6 Å². The van der Waals surface area contributed by atoms with Gasteiger partial charge in [-0.15, -0.1) is 0 Å². The topological polar surface area (TPSA) is 87.8 Å². The number of benzene rings is 1. The lowest BCUT2D eigenvalue weighted by molar-refractivity contribution is 0.194. The van der Waals surface area contributed by atoms with Crippen LogP contribution in [0.4, 0.5) is 0 Å². The Morgan fingerprint density at radius 3 is 2.91 bits per heavy atom. The predicted octanol–water partition coefficient (Wildman–Crippen LogP) is 2.62. The summed E-state index contributed by atoms with van der Waals surface area (Å²) in [5.41, 5.74) is 12.1. The molecule has 112 valence electrons. The fourth-order valence-corrected chi connectivity index (χ4v) is 3.19. The van der Waals surface area contributed by atoms with Crippen LogP contribution in [0.2, 0.25) is 0 Å². The van der Waals surface area contributed by atoms with Crippen LogP contribution in [-0.4, -0.2) is 20.1 Å². The van der Waals surface area contributed by atoms with E-state index in [4.69, 9.17) is 5.73 Å². The number of aromatic nitrogens is 3. The maximum absolute atomic E-state index is 9.51. The quantitative estimate of drug-likeness (QED) is 0.678. The van der Waals surface area contributed by atoms with Gasteiger partial charge in [0.25, 0.3) is 0 Å². The smallest absolute Gasteiger partial charge is 0.105 e. The minimum atomic E-state index is -0.603. The lowest BCUT2D eigenvalue weighted by Crippen LogP contribution is -2.04. The van der Waals surface area contributed by atoms with Gasteiger partial charge in [0.05, 0.1) is 29.9 Å². The Kier molecular flexibility index (Phi) is 2.99. The average Bonchev–Trinajstić information content (AvgIpc) is 3.11. The number of rotatable bonds is 2. The summed E-state index contributed by atoms with van der Waals surface area (Å²) < 4.78 is 0. The van der Waals surface area contributed by atoms with E-state index in [0.717, 1.165) is 29.7 Å². The highest BCUT2D eigenvalue weighted by molar-refractivity contribution is 5.89. The molecule has 2 heterocycles. The highest BCUT2D eigenvalue weighted by Crippen LogP contribution is 2.36. The van der Waals surface area contributed by atoms with Gasteiger partial charge < -0.3 is 15.8 Å². The Balaban J connectivity index is 1.80. The van der Waals surface area contributed by atoms with E-state index in [-0.39, 0.29) is 6.04 Å². The van der Waals surface area contributed by atoms with Crippen LogP contribution in [-0.2, 0) is 6.42 Å². The van der Waals surface area contributed by atoms with Crippen LogP contribution in [0, 0.1) is 0 Å². The zero-order valence-corrected chi connectivity index (χ0v) is 12.4. The van der Waals surface area contributed by atoms with Gasteiger partial charge in [-0.25, -0.2) is 0 Å². The first kappa shape index (κ1) is 13.4. The van der Waals surface area contributed by atoms with E-state index >= 15 is 0 Å². The molecule has 4 rings (SSSR count). The van der Waals surface area contributed by atoms with Crippen LogP contribution in [0.5, 0.6) is 0 Å². The van der Waals surface area contributed by atoms with Crippen molar-refractivity contribution in [2.75, 3.05) is 0 Å². The van der Waals surface area contributed by atoms with E-state index in [1.165, 1.54) is 16.5 Å². The van der Waals surface area contributed by atoms with Crippen LogP contribution >= 0.6 is 0 Å². The van der Waals surface area contributed by atoms with Crippen molar-refractivity contribution in [3.8, 4) is 11.4 Å². The van der Waals surface area contributed by atoms with Gasteiger partial charge in [-0.3, -0.25) is 9.97 Å². The molecule has 2 atom stereocenters. The lowest BCUT2D eigenvalue weighted by Gasteiger charge is -2.04. The predicted molar refractivity (Wildman–Crippen MR) is 85.2 cm³/mol. The first-order valence-corrected chi connectivity index (χ1v) is 7.54. The largest absolute Gasteiger partial charge is 0.387 e. The summed E-state index contributed by atoms with van der Waals surface area (Å²) >= 11 is 0. The molecule has 0 radical (unpaired) electrons. The van der Waals surface area contributed by atoms with Crippen LogP contribution in [0.3, 0.4) is 0 Å². The summed E-state index contributed by atoms with van der Waals surface area (Å²) in [7, 11) is 0. The number of aliphatic hydroxyl groups excluding tert-OH is 1. The Morgan fingerprint density at radius 2 is 2.18 bits per heavy atom. The zero-order valence-electron chi connectivity index (χ0n) is 12.4. The first-order chi connectivity index (χ1) is 10.6. The van der Waals surface area contributed by atoms with Gasteiger partial charge in [-0.05, 0) is 43.0 Å². The Bertz CT molecular complexity index is 836. The molecule has 0 spiro atoms. The number of fused-ring (bicyclic) bond motifs is 3. The summed E-state index contributed by atoms with van der Waals surface area (Å²) in [6, 6.07) is 6.49. The summed E-state index contributed by atoms with van der Waals surface area (Å²) in [5, 5.41) is 10.7. The van der Waals surface area contributed by atoms with Crippen molar-refractivity contribution in [3.05, 3.63) is 47.4 Å². The number of nitrogens with zero attached hydrogens (tertiary/aromatic N) is 2. The second-order valence-corrected chi connectivity index (χ2v) is 5.93. The molecule has 0 saturated heterocycles.